The molecular weight excluding hydrogens is 232 g/mol. The predicted octanol–water partition coefficient (Wildman–Crippen LogP) is 2.31. The third kappa shape index (κ3) is 1.94. The first-order valence-electron chi connectivity index (χ1n) is 5.68. The number of thiophene rings is 1. The molecule has 1 atom stereocenters. The van der Waals surface area contributed by atoms with Gasteiger partial charge in [0.05, 0.1) is 5.69 Å². The predicted molar refractivity (Wildman–Crippen MR) is 68.8 cm³/mol. The summed E-state index contributed by atoms with van der Waals surface area (Å²) in [6.07, 6.45) is 2.31. The Morgan fingerprint density at radius 1 is 1.47 bits per heavy atom. The van der Waals surface area contributed by atoms with E-state index in [0.29, 0.717) is 22.0 Å². The molecule has 0 bridgehead atoms. The van der Waals surface area contributed by atoms with Crippen LogP contribution in [-0.2, 0) is 0 Å². The lowest BCUT2D eigenvalue weighted by atomic mass is 10.1. The van der Waals surface area contributed by atoms with Crippen LogP contribution in [0, 0.1) is 28.6 Å². The van der Waals surface area contributed by atoms with Crippen molar-refractivity contribution in [2.45, 2.75) is 19.8 Å². The van der Waals surface area contributed by atoms with Gasteiger partial charge in [-0.25, -0.2) is 0 Å². The van der Waals surface area contributed by atoms with Gasteiger partial charge in [-0.05, 0) is 12.3 Å². The number of nitrogens with zero attached hydrogens (tertiary/aromatic N) is 3. The molecule has 0 radical (unpaired) electrons. The first kappa shape index (κ1) is 11.8. The molecule has 17 heavy (non-hydrogen) atoms. The normalized spacial score (nSPS) is 19.0. The molecule has 1 aromatic rings. The first-order valence-corrected chi connectivity index (χ1v) is 6.50. The van der Waals surface area contributed by atoms with Crippen molar-refractivity contribution in [2.75, 3.05) is 23.7 Å². The summed E-state index contributed by atoms with van der Waals surface area (Å²) in [5, 5.41) is 19.0. The van der Waals surface area contributed by atoms with Crippen LogP contribution in [0.5, 0.6) is 0 Å². The maximum atomic E-state index is 9.13. The van der Waals surface area contributed by atoms with Crippen molar-refractivity contribution in [3.63, 3.8) is 0 Å². The molecule has 0 aliphatic carbocycles. The average molecular weight is 246 g/mol. The Bertz CT molecular complexity index is 506. The summed E-state index contributed by atoms with van der Waals surface area (Å²) < 4.78 is 0. The number of nitrogen functional groups attached to an aromatic ring is 1. The molecule has 1 saturated heterocycles. The molecule has 1 aliphatic heterocycles. The van der Waals surface area contributed by atoms with Gasteiger partial charge in [0, 0.05) is 13.1 Å². The summed E-state index contributed by atoms with van der Waals surface area (Å²) in [7, 11) is 0. The molecule has 0 amide bonds. The van der Waals surface area contributed by atoms with Crippen molar-refractivity contribution in [2.24, 2.45) is 5.92 Å². The molecule has 1 fully saturated rings. The van der Waals surface area contributed by atoms with Crippen LogP contribution in [0.2, 0.25) is 0 Å². The van der Waals surface area contributed by atoms with E-state index >= 15 is 0 Å². The Morgan fingerprint density at radius 3 is 2.76 bits per heavy atom. The van der Waals surface area contributed by atoms with E-state index in [1.165, 1.54) is 11.3 Å². The SMILES string of the molecule is CCC1CCN(c2sc(C#N)c(N)c2C#N)C1. The smallest absolute Gasteiger partial charge is 0.131 e. The van der Waals surface area contributed by atoms with Gasteiger partial charge in [-0.1, -0.05) is 13.3 Å². The van der Waals surface area contributed by atoms with E-state index in [1.807, 2.05) is 0 Å². The minimum Gasteiger partial charge on any atom is -0.396 e. The highest BCUT2D eigenvalue weighted by atomic mass is 32.1. The fourth-order valence-corrected chi connectivity index (χ4v) is 3.20. The van der Waals surface area contributed by atoms with Crippen molar-refractivity contribution in [1.29, 1.82) is 10.5 Å². The largest absolute Gasteiger partial charge is 0.396 e. The van der Waals surface area contributed by atoms with Gasteiger partial charge in [0.2, 0.25) is 0 Å². The van der Waals surface area contributed by atoms with E-state index in [2.05, 4.69) is 24.0 Å². The number of nitriles is 2. The summed E-state index contributed by atoms with van der Waals surface area (Å²) in [5.41, 5.74) is 6.62. The Hall–Kier alpha value is -1.72. The molecule has 0 spiro atoms. The second kappa shape index (κ2) is 4.65. The van der Waals surface area contributed by atoms with Crippen LogP contribution in [0.4, 0.5) is 10.7 Å². The van der Waals surface area contributed by atoms with Gasteiger partial charge in [0.25, 0.3) is 0 Å². The van der Waals surface area contributed by atoms with Crippen LogP contribution in [0.25, 0.3) is 0 Å². The van der Waals surface area contributed by atoms with Crippen LogP contribution in [0.15, 0.2) is 0 Å². The summed E-state index contributed by atoms with van der Waals surface area (Å²) in [4.78, 5) is 2.64. The van der Waals surface area contributed by atoms with Crippen molar-refractivity contribution in [3.05, 3.63) is 10.4 Å². The maximum Gasteiger partial charge on any atom is 0.131 e. The van der Waals surface area contributed by atoms with Gasteiger partial charge >= 0.3 is 0 Å². The average Bonchev–Trinajstić information content (AvgIpc) is 2.92. The van der Waals surface area contributed by atoms with E-state index < -0.39 is 0 Å². The van der Waals surface area contributed by atoms with Crippen molar-refractivity contribution < 1.29 is 0 Å². The molecule has 0 saturated carbocycles. The number of anilines is 2. The molecular formula is C12H14N4S. The van der Waals surface area contributed by atoms with Gasteiger partial charge in [0.1, 0.15) is 27.6 Å². The molecule has 1 aromatic heterocycles. The minimum atomic E-state index is 0.343. The zero-order valence-corrected chi connectivity index (χ0v) is 10.5. The van der Waals surface area contributed by atoms with Gasteiger partial charge in [-0.2, -0.15) is 10.5 Å². The van der Waals surface area contributed by atoms with E-state index in [-0.39, 0.29) is 0 Å². The standard InChI is InChI=1S/C12H14N4S/c1-2-8-3-4-16(7-8)12-9(5-13)11(15)10(6-14)17-12/h8H,2-4,7,15H2,1H3. The summed E-state index contributed by atoms with van der Waals surface area (Å²) in [5.74, 6) is 0.690. The highest BCUT2D eigenvalue weighted by molar-refractivity contribution is 7.17. The number of hydrogen-bond donors (Lipinski definition) is 1. The lowest BCUT2D eigenvalue weighted by molar-refractivity contribution is 0.569. The Labute approximate surface area is 105 Å². The number of rotatable bonds is 2. The van der Waals surface area contributed by atoms with E-state index in [0.717, 1.165) is 30.9 Å². The summed E-state index contributed by atoms with van der Waals surface area (Å²) in [6.45, 7) is 4.11. The maximum absolute atomic E-state index is 9.13. The van der Waals surface area contributed by atoms with E-state index in [1.54, 1.807) is 0 Å². The molecule has 1 aliphatic rings. The monoisotopic (exact) mass is 246 g/mol. The van der Waals surface area contributed by atoms with Crippen LogP contribution < -0.4 is 10.6 Å². The second-order valence-corrected chi connectivity index (χ2v) is 5.26. The quantitative estimate of drug-likeness (QED) is 0.868. The molecule has 4 nitrogen and oxygen atoms in total. The Kier molecular flexibility index (Phi) is 3.21. The molecule has 5 heteroatoms. The van der Waals surface area contributed by atoms with Crippen LogP contribution >= 0.6 is 11.3 Å². The van der Waals surface area contributed by atoms with Crippen molar-refractivity contribution in [3.8, 4) is 12.1 Å². The molecule has 88 valence electrons. The zero-order valence-electron chi connectivity index (χ0n) is 9.73. The Balaban J connectivity index is 2.34. The highest BCUT2D eigenvalue weighted by Crippen LogP contribution is 2.39. The van der Waals surface area contributed by atoms with Gasteiger partial charge in [0.15, 0.2) is 0 Å². The molecule has 1 unspecified atom stereocenters. The van der Waals surface area contributed by atoms with Crippen LogP contribution in [0.3, 0.4) is 0 Å². The topological polar surface area (TPSA) is 76.8 Å². The fourth-order valence-electron chi connectivity index (χ4n) is 2.20. The van der Waals surface area contributed by atoms with Gasteiger partial charge in [-0.3, -0.25) is 0 Å². The van der Waals surface area contributed by atoms with Gasteiger partial charge < -0.3 is 10.6 Å². The minimum absolute atomic E-state index is 0.343. The molecule has 2 rings (SSSR count). The van der Waals surface area contributed by atoms with E-state index in [9.17, 15) is 0 Å². The molecule has 2 heterocycles. The van der Waals surface area contributed by atoms with Crippen LogP contribution in [-0.4, -0.2) is 13.1 Å². The van der Waals surface area contributed by atoms with E-state index in [4.69, 9.17) is 16.3 Å². The lowest BCUT2D eigenvalue weighted by Crippen LogP contribution is -2.19. The highest BCUT2D eigenvalue weighted by Gasteiger charge is 2.26. The second-order valence-electron chi connectivity index (χ2n) is 4.26. The lowest BCUT2D eigenvalue weighted by Gasteiger charge is -2.16. The van der Waals surface area contributed by atoms with Crippen molar-refractivity contribution in [1.82, 2.24) is 0 Å². The Morgan fingerprint density at radius 2 is 2.24 bits per heavy atom. The summed E-state index contributed by atoms with van der Waals surface area (Å²) >= 11 is 1.34. The van der Waals surface area contributed by atoms with Gasteiger partial charge in [-0.15, -0.1) is 11.3 Å². The first-order chi connectivity index (χ1) is 8.21. The summed E-state index contributed by atoms with van der Waals surface area (Å²) in [6, 6.07) is 4.18. The molecule has 2 N–H and O–H groups in total. The number of hydrogen-bond acceptors (Lipinski definition) is 5. The zero-order chi connectivity index (χ0) is 12.4. The van der Waals surface area contributed by atoms with Crippen LogP contribution in [0.1, 0.15) is 30.2 Å². The fraction of sp³-hybridized carbons (Fsp3) is 0.500. The number of nitrogens with two attached hydrogens (primary N) is 1. The molecule has 0 aromatic carbocycles. The third-order valence-corrected chi connectivity index (χ3v) is 4.46. The third-order valence-electron chi connectivity index (χ3n) is 3.29. The van der Waals surface area contributed by atoms with Crippen molar-refractivity contribution >= 4 is 22.0 Å².